The lowest BCUT2D eigenvalue weighted by molar-refractivity contribution is 0.0937. The molecule has 0 aliphatic rings. The first-order valence-corrected chi connectivity index (χ1v) is 7.33. The predicted octanol–water partition coefficient (Wildman–Crippen LogP) is 5.03. The Bertz CT molecular complexity index is 465. The number of halogens is 2. The van der Waals surface area contributed by atoms with E-state index in [1.165, 1.54) is 0 Å². The van der Waals surface area contributed by atoms with Gasteiger partial charge in [-0.2, -0.15) is 12.6 Å². The first-order chi connectivity index (χ1) is 9.20. The third-order valence-corrected chi connectivity index (χ3v) is 3.41. The molecule has 0 N–H and O–H groups in total. The Hall–Kier alpha value is -0.670. The molecule has 0 aliphatic carbocycles. The van der Waals surface area contributed by atoms with E-state index in [2.05, 4.69) is 12.6 Å². The van der Waals surface area contributed by atoms with E-state index in [0.29, 0.717) is 22.4 Å². The van der Waals surface area contributed by atoms with Crippen LogP contribution in [0.5, 0.6) is 0 Å². The first kappa shape index (κ1) is 14.7. The number of thiol groups is 1. The van der Waals surface area contributed by atoms with Crippen molar-refractivity contribution in [2.24, 2.45) is 0 Å². The molecule has 0 amide bonds. The van der Waals surface area contributed by atoms with Gasteiger partial charge in [-0.3, -0.25) is 0 Å². The summed E-state index contributed by atoms with van der Waals surface area (Å²) in [6, 6.07) is 15.3. The molecule has 0 fully saturated rings. The van der Waals surface area contributed by atoms with E-state index in [1.54, 1.807) is 0 Å². The van der Waals surface area contributed by atoms with Crippen LogP contribution in [0.15, 0.2) is 48.5 Å². The summed E-state index contributed by atoms with van der Waals surface area (Å²) in [6.07, 6.45) is -0.123. The number of hydrogen-bond donors (Lipinski definition) is 1. The minimum Gasteiger partial charge on any atom is -0.368 e. The maximum atomic E-state index is 5.92. The second-order valence-corrected chi connectivity index (χ2v) is 5.40. The maximum absolute atomic E-state index is 5.92. The Balaban J connectivity index is 2.29. The number of benzene rings is 2. The van der Waals surface area contributed by atoms with Crippen LogP contribution in [-0.2, 0) is 4.74 Å². The van der Waals surface area contributed by atoms with Crippen LogP contribution in [0.1, 0.15) is 17.2 Å². The molecular formula is C15H14Cl2OS. The molecule has 2 rings (SSSR count). The van der Waals surface area contributed by atoms with Gasteiger partial charge < -0.3 is 4.74 Å². The van der Waals surface area contributed by atoms with Gasteiger partial charge in [-0.25, -0.2) is 0 Å². The van der Waals surface area contributed by atoms with E-state index in [0.717, 1.165) is 11.1 Å². The molecule has 0 spiro atoms. The first-order valence-electron chi connectivity index (χ1n) is 5.94. The van der Waals surface area contributed by atoms with Crippen LogP contribution < -0.4 is 0 Å². The largest absolute Gasteiger partial charge is 0.368 e. The molecule has 2 aromatic carbocycles. The van der Waals surface area contributed by atoms with E-state index in [9.17, 15) is 0 Å². The fourth-order valence-corrected chi connectivity index (χ4v) is 2.19. The standard InChI is InChI=1S/C15H14Cl2OS/c16-13-5-1-11(2-6-13)15(18-9-10-19)12-3-7-14(17)8-4-12/h1-8,15,19H,9-10H2. The average Bonchev–Trinajstić information content (AvgIpc) is 2.43. The zero-order valence-corrected chi connectivity index (χ0v) is 12.6. The summed E-state index contributed by atoms with van der Waals surface area (Å²) in [6.45, 7) is 0.582. The maximum Gasteiger partial charge on any atom is 0.108 e. The van der Waals surface area contributed by atoms with E-state index in [1.807, 2.05) is 48.5 Å². The summed E-state index contributed by atoms with van der Waals surface area (Å²) in [5, 5.41) is 1.43. The second kappa shape index (κ2) is 7.20. The van der Waals surface area contributed by atoms with Crippen molar-refractivity contribution in [3.8, 4) is 0 Å². The quantitative estimate of drug-likeness (QED) is 0.762. The van der Waals surface area contributed by atoms with E-state index in [-0.39, 0.29) is 6.10 Å². The van der Waals surface area contributed by atoms with Crippen LogP contribution in [0.25, 0.3) is 0 Å². The van der Waals surface area contributed by atoms with Crippen LogP contribution in [0, 0.1) is 0 Å². The van der Waals surface area contributed by atoms with Crippen molar-refractivity contribution in [1.29, 1.82) is 0 Å². The Morgan fingerprint density at radius 1 is 0.842 bits per heavy atom. The van der Waals surface area contributed by atoms with Crippen molar-refractivity contribution in [3.63, 3.8) is 0 Å². The van der Waals surface area contributed by atoms with Gasteiger partial charge >= 0.3 is 0 Å². The van der Waals surface area contributed by atoms with Crippen LogP contribution in [0.4, 0.5) is 0 Å². The normalized spacial score (nSPS) is 10.9. The Kier molecular flexibility index (Phi) is 5.59. The molecule has 0 saturated heterocycles. The second-order valence-electron chi connectivity index (χ2n) is 4.08. The molecule has 2 aromatic rings. The minimum absolute atomic E-state index is 0.123. The van der Waals surface area contributed by atoms with Gasteiger partial charge in [0.15, 0.2) is 0 Å². The molecule has 0 bridgehead atoms. The molecule has 0 heterocycles. The van der Waals surface area contributed by atoms with Crippen molar-refractivity contribution in [1.82, 2.24) is 0 Å². The lowest BCUT2D eigenvalue weighted by atomic mass is 10.0. The highest BCUT2D eigenvalue weighted by molar-refractivity contribution is 7.80. The van der Waals surface area contributed by atoms with Gasteiger partial charge in [0.1, 0.15) is 6.10 Å². The molecule has 0 unspecified atom stereocenters. The Morgan fingerprint density at radius 3 is 1.63 bits per heavy atom. The van der Waals surface area contributed by atoms with E-state index < -0.39 is 0 Å². The van der Waals surface area contributed by atoms with E-state index in [4.69, 9.17) is 27.9 Å². The summed E-state index contributed by atoms with van der Waals surface area (Å²) in [5.41, 5.74) is 2.13. The summed E-state index contributed by atoms with van der Waals surface area (Å²) in [4.78, 5) is 0. The zero-order valence-electron chi connectivity index (χ0n) is 10.2. The SMILES string of the molecule is SCCOC(c1ccc(Cl)cc1)c1ccc(Cl)cc1. The van der Waals surface area contributed by atoms with Crippen LogP contribution >= 0.6 is 35.8 Å². The lowest BCUT2D eigenvalue weighted by Crippen LogP contribution is -2.08. The molecule has 0 atom stereocenters. The highest BCUT2D eigenvalue weighted by Crippen LogP contribution is 2.28. The Morgan fingerprint density at radius 2 is 1.26 bits per heavy atom. The van der Waals surface area contributed by atoms with Crippen LogP contribution in [0.3, 0.4) is 0 Å². The Labute approximate surface area is 128 Å². The molecule has 0 aliphatic heterocycles. The molecular weight excluding hydrogens is 299 g/mol. The third-order valence-electron chi connectivity index (χ3n) is 2.72. The van der Waals surface area contributed by atoms with Gasteiger partial charge in [0, 0.05) is 15.8 Å². The van der Waals surface area contributed by atoms with Crippen molar-refractivity contribution >= 4 is 35.8 Å². The fraction of sp³-hybridized carbons (Fsp3) is 0.200. The molecule has 100 valence electrons. The summed E-state index contributed by atoms with van der Waals surface area (Å²) in [5.74, 6) is 0.678. The van der Waals surface area contributed by atoms with Gasteiger partial charge in [0.2, 0.25) is 0 Å². The van der Waals surface area contributed by atoms with Gasteiger partial charge in [0.05, 0.1) is 6.61 Å². The number of rotatable bonds is 5. The molecule has 0 radical (unpaired) electrons. The fourth-order valence-electron chi connectivity index (χ4n) is 1.83. The van der Waals surface area contributed by atoms with Crippen LogP contribution in [-0.4, -0.2) is 12.4 Å². The highest BCUT2D eigenvalue weighted by atomic mass is 35.5. The van der Waals surface area contributed by atoms with Gasteiger partial charge in [0.25, 0.3) is 0 Å². The predicted molar refractivity (Wildman–Crippen MR) is 84.6 cm³/mol. The highest BCUT2D eigenvalue weighted by Gasteiger charge is 2.14. The molecule has 4 heteroatoms. The molecule has 0 aromatic heterocycles. The van der Waals surface area contributed by atoms with E-state index >= 15 is 0 Å². The van der Waals surface area contributed by atoms with Crippen molar-refractivity contribution in [2.75, 3.05) is 12.4 Å². The summed E-state index contributed by atoms with van der Waals surface area (Å²) in [7, 11) is 0. The summed E-state index contributed by atoms with van der Waals surface area (Å²) >= 11 is 16.0. The monoisotopic (exact) mass is 312 g/mol. The lowest BCUT2D eigenvalue weighted by Gasteiger charge is -2.18. The smallest absolute Gasteiger partial charge is 0.108 e. The molecule has 0 saturated carbocycles. The van der Waals surface area contributed by atoms with Crippen LogP contribution in [0.2, 0.25) is 10.0 Å². The number of hydrogen-bond acceptors (Lipinski definition) is 2. The van der Waals surface area contributed by atoms with Crippen molar-refractivity contribution < 1.29 is 4.74 Å². The average molecular weight is 313 g/mol. The van der Waals surface area contributed by atoms with Gasteiger partial charge in [-0.15, -0.1) is 0 Å². The molecule has 19 heavy (non-hydrogen) atoms. The van der Waals surface area contributed by atoms with Crippen molar-refractivity contribution in [3.05, 3.63) is 69.7 Å². The minimum atomic E-state index is -0.123. The van der Waals surface area contributed by atoms with Gasteiger partial charge in [-0.05, 0) is 35.4 Å². The summed E-state index contributed by atoms with van der Waals surface area (Å²) < 4.78 is 5.88. The zero-order chi connectivity index (χ0) is 13.7. The number of ether oxygens (including phenoxy) is 1. The topological polar surface area (TPSA) is 9.23 Å². The molecule has 1 nitrogen and oxygen atoms in total. The van der Waals surface area contributed by atoms with Crippen molar-refractivity contribution in [2.45, 2.75) is 6.10 Å². The third kappa shape index (κ3) is 4.15. The van der Waals surface area contributed by atoms with Gasteiger partial charge in [-0.1, -0.05) is 47.5 Å².